The highest BCUT2D eigenvalue weighted by molar-refractivity contribution is 7.22. The zero-order chi connectivity index (χ0) is 20.1. The van der Waals surface area contributed by atoms with Gasteiger partial charge in [0, 0.05) is 12.1 Å². The summed E-state index contributed by atoms with van der Waals surface area (Å²) < 4.78 is 6.71. The Morgan fingerprint density at radius 1 is 1.11 bits per heavy atom. The van der Waals surface area contributed by atoms with Gasteiger partial charge in [0.15, 0.2) is 10.7 Å². The van der Waals surface area contributed by atoms with Gasteiger partial charge in [-0.05, 0) is 50.6 Å². The number of aromatic nitrogens is 1. The summed E-state index contributed by atoms with van der Waals surface area (Å²) in [5, 5.41) is 6.26. The maximum Gasteiger partial charge on any atom is 0.267 e. The fourth-order valence-electron chi connectivity index (χ4n) is 2.58. The number of ether oxygens (including phenoxy) is 1. The molecule has 3 aromatic rings. The molecular weight excluding hydrogens is 374 g/mol. The molecule has 0 fully saturated rings. The van der Waals surface area contributed by atoms with E-state index in [1.165, 1.54) is 11.3 Å². The summed E-state index contributed by atoms with van der Waals surface area (Å²) in [6, 6.07) is 14.7. The number of anilines is 2. The number of amides is 2. The number of nitrogens with one attached hydrogen (secondary N) is 2. The monoisotopic (exact) mass is 397 g/mol. The van der Waals surface area contributed by atoms with Crippen molar-refractivity contribution in [3.05, 3.63) is 48.5 Å². The minimum Gasteiger partial charge on any atom is -0.478 e. The predicted molar refractivity (Wildman–Crippen MR) is 113 cm³/mol. The van der Waals surface area contributed by atoms with Crippen LogP contribution in [0.5, 0.6) is 5.75 Å². The highest BCUT2D eigenvalue weighted by atomic mass is 32.1. The third-order valence-corrected chi connectivity index (χ3v) is 4.97. The predicted octanol–water partition coefficient (Wildman–Crippen LogP) is 4.83. The number of carbonyl (C=O) groups excluding carboxylic acids is 2. The Hall–Kier alpha value is -2.93. The van der Waals surface area contributed by atoms with Crippen LogP contribution in [-0.4, -0.2) is 22.4 Å². The third-order valence-electron chi connectivity index (χ3n) is 4.03. The van der Waals surface area contributed by atoms with Crippen molar-refractivity contribution in [2.45, 2.75) is 39.2 Å². The van der Waals surface area contributed by atoms with Crippen molar-refractivity contribution in [2.75, 3.05) is 10.6 Å². The standard InChI is InChI=1S/C21H23N3O3S/c1-4-8-18(25)24-20-23-16-12-11-14(13-17(16)28-20)22-19(26)21(2,3)27-15-9-6-5-7-10-15/h5-7,9-13H,4,8H2,1-3H3,(H,22,26)(H,23,24,25). The zero-order valence-corrected chi connectivity index (χ0v) is 16.9. The average Bonchev–Trinajstić information content (AvgIpc) is 3.03. The molecule has 146 valence electrons. The molecule has 2 aromatic carbocycles. The minimum absolute atomic E-state index is 0.0464. The van der Waals surface area contributed by atoms with E-state index in [4.69, 9.17) is 4.74 Å². The summed E-state index contributed by atoms with van der Waals surface area (Å²) in [5.74, 6) is 0.333. The van der Waals surface area contributed by atoms with Crippen LogP contribution in [0.1, 0.15) is 33.6 Å². The van der Waals surface area contributed by atoms with Crippen molar-refractivity contribution in [1.82, 2.24) is 4.98 Å². The number of nitrogens with zero attached hydrogens (tertiary/aromatic N) is 1. The first-order chi connectivity index (χ1) is 13.4. The molecule has 0 aliphatic heterocycles. The third kappa shape index (κ3) is 4.86. The molecule has 28 heavy (non-hydrogen) atoms. The van der Waals surface area contributed by atoms with E-state index < -0.39 is 5.60 Å². The fraction of sp³-hybridized carbons (Fsp3) is 0.286. The van der Waals surface area contributed by atoms with Crippen LogP contribution in [0, 0.1) is 0 Å². The van der Waals surface area contributed by atoms with Crippen LogP contribution in [0.2, 0.25) is 0 Å². The van der Waals surface area contributed by atoms with Crippen LogP contribution in [0.3, 0.4) is 0 Å². The molecule has 1 heterocycles. The maximum atomic E-state index is 12.7. The van der Waals surface area contributed by atoms with Crippen LogP contribution < -0.4 is 15.4 Å². The molecular formula is C21H23N3O3S. The lowest BCUT2D eigenvalue weighted by Gasteiger charge is -2.25. The van der Waals surface area contributed by atoms with Gasteiger partial charge in [0.05, 0.1) is 10.2 Å². The van der Waals surface area contributed by atoms with Gasteiger partial charge in [0.25, 0.3) is 5.91 Å². The molecule has 0 saturated carbocycles. The van der Waals surface area contributed by atoms with Gasteiger partial charge in [-0.3, -0.25) is 9.59 Å². The van der Waals surface area contributed by atoms with Gasteiger partial charge < -0.3 is 15.4 Å². The van der Waals surface area contributed by atoms with Crippen LogP contribution in [0.15, 0.2) is 48.5 Å². The normalized spacial score (nSPS) is 11.2. The molecule has 0 aliphatic rings. The quantitative estimate of drug-likeness (QED) is 0.598. The molecule has 1 aromatic heterocycles. The lowest BCUT2D eigenvalue weighted by atomic mass is 10.1. The second kappa shape index (κ2) is 8.39. The molecule has 2 amide bonds. The van der Waals surface area contributed by atoms with E-state index in [9.17, 15) is 9.59 Å². The van der Waals surface area contributed by atoms with Crippen molar-refractivity contribution in [3.8, 4) is 5.75 Å². The summed E-state index contributed by atoms with van der Waals surface area (Å²) in [4.78, 5) is 28.8. The van der Waals surface area contributed by atoms with Crippen molar-refractivity contribution in [3.63, 3.8) is 0 Å². The second-order valence-electron chi connectivity index (χ2n) is 6.88. The summed E-state index contributed by atoms with van der Waals surface area (Å²) in [7, 11) is 0. The van der Waals surface area contributed by atoms with E-state index in [1.807, 2.05) is 49.4 Å². The minimum atomic E-state index is -1.04. The molecule has 3 rings (SSSR count). The van der Waals surface area contributed by atoms with E-state index in [0.717, 1.165) is 16.6 Å². The van der Waals surface area contributed by atoms with Crippen LogP contribution in [0.4, 0.5) is 10.8 Å². The highest BCUT2D eigenvalue weighted by Crippen LogP contribution is 2.29. The lowest BCUT2D eigenvalue weighted by molar-refractivity contribution is -0.128. The van der Waals surface area contributed by atoms with Gasteiger partial charge in [-0.2, -0.15) is 0 Å². The van der Waals surface area contributed by atoms with E-state index in [0.29, 0.717) is 23.0 Å². The van der Waals surface area contributed by atoms with Crippen molar-refractivity contribution in [2.24, 2.45) is 0 Å². The Morgan fingerprint density at radius 3 is 2.57 bits per heavy atom. The average molecular weight is 398 g/mol. The molecule has 7 heteroatoms. The fourth-order valence-corrected chi connectivity index (χ4v) is 3.50. The summed E-state index contributed by atoms with van der Waals surface area (Å²) in [6.45, 7) is 5.40. The Labute approximate surface area is 167 Å². The number of fused-ring (bicyclic) bond motifs is 1. The first-order valence-corrected chi connectivity index (χ1v) is 9.95. The number of benzene rings is 2. The van der Waals surface area contributed by atoms with Crippen molar-refractivity contribution in [1.29, 1.82) is 0 Å². The smallest absolute Gasteiger partial charge is 0.267 e. The number of hydrogen-bond acceptors (Lipinski definition) is 5. The lowest BCUT2D eigenvalue weighted by Crippen LogP contribution is -2.42. The van der Waals surface area contributed by atoms with Gasteiger partial charge in [0.1, 0.15) is 5.75 Å². The highest BCUT2D eigenvalue weighted by Gasteiger charge is 2.30. The molecule has 0 atom stereocenters. The van der Waals surface area contributed by atoms with Gasteiger partial charge in [-0.1, -0.05) is 36.5 Å². The molecule has 0 unspecified atom stereocenters. The first kappa shape index (κ1) is 19.8. The SMILES string of the molecule is CCCC(=O)Nc1nc2ccc(NC(=O)C(C)(C)Oc3ccccc3)cc2s1. The van der Waals surface area contributed by atoms with Gasteiger partial charge >= 0.3 is 0 Å². The largest absolute Gasteiger partial charge is 0.478 e. The topological polar surface area (TPSA) is 80.3 Å². The summed E-state index contributed by atoms with van der Waals surface area (Å²) in [5.41, 5.74) is 0.385. The molecule has 2 N–H and O–H groups in total. The van der Waals surface area contributed by atoms with Crippen molar-refractivity contribution >= 4 is 44.2 Å². The number of para-hydroxylation sites is 1. The molecule has 6 nitrogen and oxygen atoms in total. The van der Waals surface area contributed by atoms with Gasteiger partial charge in [-0.15, -0.1) is 0 Å². The molecule has 0 bridgehead atoms. The first-order valence-electron chi connectivity index (χ1n) is 9.13. The molecule has 0 radical (unpaired) electrons. The molecule has 0 spiro atoms. The number of rotatable bonds is 7. The number of carbonyl (C=O) groups is 2. The van der Waals surface area contributed by atoms with E-state index in [1.54, 1.807) is 19.9 Å². The van der Waals surface area contributed by atoms with E-state index in [-0.39, 0.29) is 11.8 Å². The van der Waals surface area contributed by atoms with E-state index >= 15 is 0 Å². The summed E-state index contributed by atoms with van der Waals surface area (Å²) >= 11 is 1.38. The van der Waals surface area contributed by atoms with Crippen LogP contribution in [0.25, 0.3) is 10.2 Å². The van der Waals surface area contributed by atoms with Gasteiger partial charge in [0.2, 0.25) is 5.91 Å². The van der Waals surface area contributed by atoms with E-state index in [2.05, 4.69) is 15.6 Å². The summed E-state index contributed by atoms with van der Waals surface area (Å²) in [6.07, 6.45) is 1.25. The zero-order valence-electron chi connectivity index (χ0n) is 16.1. The van der Waals surface area contributed by atoms with Crippen molar-refractivity contribution < 1.29 is 14.3 Å². The second-order valence-corrected chi connectivity index (χ2v) is 7.91. The van der Waals surface area contributed by atoms with Gasteiger partial charge in [-0.25, -0.2) is 4.98 Å². The maximum absolute atomic E-state index is 12.7. The number of hydrogen-bond donors (Lipinski definition) is 2. The molecule has 0 saturated heterocycles. The molecule has 0 aliphatic carbocycles. The Balaban J connectivity index is 1.71. The number of thiazole rings is 1. The Morgan fingerprint density at radius 2 is 1.86 bits per heavy atom. The van der Waals surface area contributed by atoms with Crippen LogP contribution in [-0.2, 0) is 9.59 Å². The Bertz CT molecular complexity index is 983. The van der Waals surface area contributed by atoms with Crippen LogP contribution >= 0.6 is 11.3 Å². The Kier molecular flexibility index (Phi) is 5.94.